The molecule has 0 spiro atoms. The average molecular weight is 279 g/mol. The van der Waals surface area contributed by atoms with Crippen LogP contribution in [-0.2, 0) is 0 Å². The van der Waals surface area contributed by atoms with E-state index in [9.17, 15) is 5.11 Å². The third-order valence-electron chi connectivity index (χ3n) is 2.16. The molecule has 1 rings (SSSR count). The van der Waals surface area contributed by atoms with Crippen molar-refractivity contribution in [3.8, 4) is 0 Å². The lowest BCUT2D eigenvalue weighted by atomic mass is 10.0. The third-order valence-corrected chi connectivity index (χ3v) is 3.08. The maximum absolute atomic E-state index is 9.86. The molecular weight excluding hydrogens is 265 g/mol. The summed E-state index contributed by atoms with van der Waals surface area (Å²) in [5.74, 6) is 0. The Hall–Kier alpha value is -0.0900. The molecule has 1 aromatic rings. The predicted molar refractivity (Wildman–Crippen MR) is 62.4 cm³/mol. The van der Waals surface area contributed by atoms with E-state index in [-0.39, 0.29) is 6.04 Å². The van der Waals surface area contributed by atoms with E-state index in [4.69, 9.17) is 17.3 Å². The summed E-state index contributed by atoms with van der Waals surface area (Å²) in [6.45, 7) is 1.94. The van der Waals surface area contributed by atoms with E-state index in [1.54, 1.807) is 18.2 Å². The fraction of sp³-hybridized carbons (Fsp3) is 0.400. The molecule has 4 heteroatoms. The molecule has 0 bridgehead atoms. The van der Waals surface area contributed by atoms with Gasteiger partial charge in [0.25, 0.3) is 0 Å². The first kappa shape index (κ1) is 12.0. The fourth-order valence-electron chi connectivity index (χ4n) is 1.20. The van der Waals surface area contributed by atoms with Gasteiger partial charge < -0.3 is 10.8 Å². The van der Waals surface area contributed by atoms with Crippen LogP contribution >= 0.6 is 27.5 Å². The van der Waals surface area contributed by atoms with Crippen molar-refractivity contribution in [1.82, 2.24) is 0 Å². The molecule has 0 fully saturated rings. The lowest BCUT2D eigenvalue weighted by molar-refractivity contribution is 0.144. The SMILES string of the molecule is CCC(N)C(O)c1ccc(Cl)cc1Br. The minimum atomic E-state index is -0.647. The Bertz CT molecular complexity index is 319. The van der Waals surface area contributed by atoms with Gasteiger partial charge in [-0.15, -0.1) is 0 Å². The molecule has 0 aliphatic rings. The van der Waals surface area contributed by atoms with Crippen LogP contribution in [0.15, 0.2) is 22.7 Å². The molecule has 3 N–H and O–H groups in total. The topological polar surface area (TPSA) is 46.2 Å². The van der Waals surface area contributed by atoms with Crippen molar-refractivity contribution in [2.24, 2.45) is 5.73 Å². The fourth-order valence-corrected chi connectivity index (χ4v) is 2.11. The smallest absolute Gasteiger partial charge is 0.0951 e. The average Bonchev–Trinajstić information content (AvgIpc) is 2.15. The zero-order valence-electron chi connectivity index (χ0n) is 7.87. The summed E-state index contributed by atoms with van der Waals surface area (Å²) in [5, 5.41) is 10.5. The molecule has 2 nitrogen and oxygen atoms in total. The second-order valence-corrected chi connectivity index (χ2v) is 4.47. The van der Waals surface area contributed by atoms with Gasteiger partial charge in [0.2, 0.25) is 0 Å². The highest BCUT2D eigenvalue weighted by molar-refractivity contribution is 9.10. The number of aliphatic hydroxyl groups excluding tert-OH is 1. The van der Waals surface area contributed by atoms with Crippen molar-refractivity contribution in [2.45, 2.75) is 25.5 Å². The van der Waals surface area contributed by atoms with Gasteiger partial charge in [-0.05, 0) is 24.1 Å². The van der Waals surface area contributed by atoms with Gasteiger partial charge in [0, 0.05) is 15.5 Å². The first-order valence-corrected chi connectivity index (χ1v) is 5.62. The van der Waals surface area contributed by atoms with Crippen molar-refractivity contribution in [2.75, 3.05) is 0 Å². The van der Waals surface area contributed by atoms with Gasteiger partial charge in [-0.3, -0.25) is 0 Å². The predicted octanol–water partition coefficient (Wildman–Crippen LogP) is 2.87. The van der Waals surface area contributed by atoms with Gasteiger partial charge in [0.05, 0.1) is 6.10 Å². The summed E-state index contributed by atoms with van der Waals surface area (Å²) in [5.41, 5.74) is 6.53. The molecular formula is C10H13BrClNO. The van der Waals surface area contributed by atoms with Gasteiger partial charge in [0.15, 0.2) is 0 Å². The molecule has 0 saturated carbocycles. The Kier molecular flexibility index (Phi) is 4.38. The second-order valence-electron chi connectivity index (χ2n) is 3.18. The highest BCUT2D eigenvalue weighted by Crippen LogP contribution is 2.28. The number of nitrogens with two attached hydrogens (primary N) is 1. The standard InChI is InChI=1S/C10H13BrClNO/c1-2-9(13)10(14)7-4-3-6(12)5-8(7)11/h3-5,9-10,14H,2,13H2,1H3. The normalized spacial score (nSPS) is 15.2. The summed E-state index contributed by atoms with van der Waals surface area (Å²) in [4.78, 5) is 0. The molecule has 0 saturated heterocycles. The Labute approximate surface area is 97.2 Å². The van der Waals surface area contributed by atoms with Gasteiger partial charge in [-0.2, -0.15) is 0 Å². The number of hydrogen-bond donors (Lipinski definition) is 2. The van der Waals surface area contributed by atoms with Gasteiger partial charge in [0.1, 0.15) is 0 Å². The molecule has 2 atom stereocenters. The maximum atomic E-state index is 9.86. The molecule has 0 radical (unpaired) electrons. The van der Waals surface area contributed by atoms with Crippen LogP contribution < -0.4 is 5.73 Å². The Morgan fingerprint density at radius 2 is 2.21 bits per heavy atom. The minimum absolute atomic E-state index is 0.243. The van der Waals surface area contributed by atoms with E-state index in [0.717, 1.165) is 16.5 Å². The monoisotopic (exact) mass is 277 g/mol. The van der Waals surface area contributed by atoms with Gasteiger partial charge in [-0.25, -0.2) is 0 Å². The molecule has 0 aromatic heterocycles. The van der Waals surface area contributed by atoms with Crippen LogP contribution in [-0.4, -0.2) is 11.1 Å². The zero-order valence-corrected chi connectivity index (χ0v) is 10.2. The summed E-state index contributed by atoms with van der Waals surface area (Å²) in [6, 6.07) is 5.04. The molecule has 78 valence electrons. The molecule has 0 aliphatic carbocycles. The zero-order chi connectivity index (χ0) is 10.7. The highest BCUT2D eigenvalue weighted by atomic mass is 79.9. The Morgan fingerprint density at radius 1 is 1.57 bits per heavy atom. The van der Waals surface area contributed by atoms with E-state index in [1.165, 1.54) is 0 Å². The van der Waals surface area contributed by atoms with E-state index in [2.05, 4.69) is 15.9 Å². The first-order chi connectivity index (χ1) is 6.56. The highest BCUT2D eigenvalue weighted by Gasteiger charge is 2.17. The summed E-state index contributed by atoms with van der Waals surface area (Å²) >= 11 is 9.14. The van der Waals surface area contributed by atoms with Gasteiger partial charge >= 0.3 is 0 Å². The largest absolute Gasteiger partial charge is 0.387 e. The molecule has 0 aliphatic heterocycles. The summed E-state index contributed by atoms with van der Waals surface area (Å²) in [7, 11) is 0. The van der Waals surface area contributed by atoms with Crippen LogP contribution in [0.2, 0.25) is 5.02 Å². The van der Waals surface area contributed by atoms with E-state index in [1.807, 2.05) is 6.92 Å². The number of benzene rings is 1. The van der Waals surface area contributed by atoms with Crippen LogP contribution in [0.4, 0.5) is 0 Å². The van der Waals surface area contributed by atoms with E-state index < -0.39 is 6.10 Å². The van der Waals surface area contributed by atoms with E-state index in [0.29, 0.717) is 5.02 Å². The van der Waals surface area contributed by atoms with Crippen molar-refractivity contribution < 1.29 is 5.11 Å². The lowest BCUT2D eigenvalue weighted by Gasteiger charge is -2.18. The molecule has 1 aromatic carbocycles. The minimum Gasteiger partial charge on any atom is -0.387 e. The lowest BCUT2D eigenvalue weighted by Crippen LogP contribution is -2.27. The Balaban J connectivity index is 2.95. The number of aliphatic hydroxyl groups is 1. The van der Waals surface area contributed by atoms with Gasteiger partial charge in [-0.1, -0.05) is 40.5 Å². The number of halogens is 2. The van der Waals surface area contributed by atoms with Crippen LogP contribution in [0.25, 0.3) is 0 Å². The van der Waals surface area contributed by atoms with Crippen LogP contribution in [0.3, 0.4) is 0 Å². The molecule has 0 heterocycles. The van der Waals surface area contributed by atoms with Crippen molar-refractivity contribution in [3.05, 3.63) is 33.3 Å². The second kappa shape index (κ2) is 5.12. The number of hydrogen-bond acceptors (Lipinski definition) is 2. The number of rotatable bonds is 3. The quantitative estimate of drug-likeness (QED) is 0.893. The van der Waals surface area contributed by atoms with E-state index >= 15 is 0 Å². The third kappa shape index (κ3) is 2.70. The summed E-state index contributed by atoms with van der Waals surface area (Å²) < 4.78 is 0.793. The first-order valence-electron chi connectivity index (χ1n) is 4.44. The van der Waals surface area contributed by atoms with Crippen LogP contribution in [0, 0.1) is 0 Å². The van der Waals surface area contributed by atoms with Crippen molar-refractivity contribution >= 4 is 27.5 Å². The maximum Gasteiger partial charge on any atom is 0.0951 e. The van der Waals surface area contributed by atoms with Crippen LogP contribution in [0.5, 0.6) is 0 Å². The molecule has 0 amide bonds. The molecule has 14 heavy (non-hydrogen) atoms. The molecule has 2 unspecified atom stereocenters. The summed E-state index contributed by atoms with van der Waals surface area (Å²) in [6.07, 6.45) is 0.0857. The van der Waals surface area contributed by atoms with Crippen LogP contribution in [0.1, 0.15) is 25.0 Å². The van der Waals surface area contributed by atoms with Crippen molar-refractivity contribution in [1.29, 1.82) is 0 Å². The van der Waals surface area contributed by atoms with Crippen molar-refractivity contribution in [3.63, 3.8) is 0 Å². The Morgan fingerprint density at radius 3 is 2.71 bits per heavy atom.